The van der Waals surface area contributed by atoms with Gasteiger partial charge in [0.05, 0.1) is 12.0 Å². The van der Waals surface area contributed by atoms with Gasteiger partial charge in [-0.1, -0.05) is 24.3 Å². The molecule has 154 valence electrons. The van der Waals surface area contributed by atoms with E-state index in [0.717, 1.165) is 30.8 Å². The third-order valence-corrected chi connectivity index (χ3v) is 5.08. The lowest BCUT2D eigenvalue weighted by Crippen LogP contribution is -2.26. The fourth-order valence-corrected chi connectivity index (χ4v) is 3.66. The molecule has 6 heteroatoms. The summed E-state index contributed by atoms with van der Waals surface area (Å²) in [6.07, 6.45) is 8.32. The lowest BCUT2D eigenvalue weighted by Gasteiger charge is -2.24. The van der Waals surface area contributed by atoms with Crippen LogP contribution in [0.5, 0.6) is 0 Å². The van der Waals surface area contributed by atoms with Crippen molar-refractivity contribution in [2.24, 2.45) is 0 Å². The van der Waals surface area contributed by atoms with E-state index in [1.165, 1.54) is 12.1 Å². The minimum atomic E-state index is -0.258. The van der Waals surface area contributed by atoms with Gasteiger partial charge in [-0.15, -0.1) is 0 Å². The Balaban J connectivity index is 1.52. The number of hydrogen-bond donors (Lipinski definition) is 0. The topological polar surface area (TPSA) is 26.0 Å². The van der Waals surface area contributed by atoms with Crippen molar-refractivity contribution >= 4 is 0 Å². The van der Waals surface area contributed by atoms with Crippen molar-refractivity contribution in [2.75, 3.05) is 6.54 Å². The smallest absolute Gasteiger partial charge is 0.147 e. The summed E-state index contributed by atoms with van der Waals surface area (Å²) >= 11 is 0. The summed E-state index contributed by atoms with van der Waals surface area (Å²) < 4.78 is 31.9. The molecule has 0 aliphatic carbocycles. The summed E-state index contributed by atoms with van der Waals surface area (Å²) in [4.78, 5) is 6.34. The maximum absolute atomic E-state index is 14.3. The van der Waals surface area contributed by atoms with Gasteiger partial charge >= 0.3 is 0 Å². The van der Waals surface area contributed by atoms with Gasteiger partial charge in [0.15, 0.2) is 0 Å². The van der Waals surface area contributed by atoms with Gasteiger partial charge in [-0.3, -0.25) is 4.90 Å². The SMILES string of the molecule is Fc1cccc(CN(CCCn2ccnc2)Cc2cccn2-c2ccccc2F)c1. The number of halogens is 2. The minimum Gasteiger partial charge on any atom is -0.337 e. The Bertz CT molecular complexity index is 1070. The van der Waals surface area contributed by atoms with Gasteiger partial charge in [-0.25, -0.2) is 13.8 Å². The molecule has 0 amide bonds. The molecule has 0 aliphatic rings. The van der Waals surface area contributed by atoms with Crippen molar-refractivity contribution in [2.45, 2.75) is 26.1 Å². The molecule has 0 N–H and O–H groups in total. The summed E-state index contributed by atoms with van der Waals surface area (Å²) in [6.45, 7) is 2.91. The molecule has 4 aromatic rings. The molecule has 30 heavy (non-hydrogen) atoms. The quantitative estimate of drug-likeness (QED) is 0.389. The Morgan fingerprint density at radius 1 is 0.900 bits per heavy atom. The van der Waals surface area contributed by atoms with Crippen molar-refractivity contribution in [1.29, 1.82) is 0 Å². The number of hydrogen-bond acceptors (Lipinski definition) is 2. The van der Waals surface area contributed by atoms with Crippen LogP contribution < -0.4 is 0 Å². The zero-order valence-electron chi connectivity index (χ0n) is 16.7. The fourth-order valence-electron chi connectivity index (χ4n) is 3.66. The molecule has 0 saturated heterocycles. The monoisotopic (exact) mass is 406 g/mol. The van der Waals surface area contributed by atoms with Crippen LogP contribution in [0.1, 0.15) is 17.7 Å². The first kappa shape index (κ1) is 20.0. The molecule has 0 spiro atoms. The number of aromatic nitrogens is 3. The van der Waals surface area contributed by atoms with E-state index in [2.05, 4.69) is 9.88 Å². The van der Waals surface area contributed by atoms with E-state index in [0.29, 0.717) is 18.8 Å². The van der Waals surface area contributed by atoms with Gasteiger partial charge < -0.3 is 9.13 Å². The van der Waals surface area contributed by atoms with Crippen molar-refractivity contribution in [3.63, 3.8) is 0 Å². The molecule has 0 saturated carbocycles. The van der Waals surface area contributed by atoms with Crippen LogP contribution >= 0.6 is 0 Å². The summed E-state index contributed by atoms with van der Waals surface area (Å²) in [5.74, 6) is -0.493. The Hall–Kier alpha value is -3.25. The number of aryl methyl sites for hydroxylation is 1. The van der Waals surface area contributed by atoms with Gasteiger partial charge in [-0.05, 0) is 48.4 Å². The van der Waals surface area contributed by atoms with E-state index in [4.69, 9.17) is 0 Å². The van der Waals surface area contributed by atoms with Crippen LogP contribution in [0.15, 0.2) is 85.6 Å². The normalized spacial score (nSPS) is 11.3. The molecule has 4 rings (SSSR count). The molecule has 2 heterocycles. The maximum atomic E-state index is 14.3. The summed E-state index contributed by atoms with van der Waals surface area (Å²) in [6, 6.07) is 17.4. The highest BCUT2D eigenvalue weighted by Gasteiger charge is 2.13. The van der Waals surface area contributed by atoms with Gasteiger partial charge in [0.25, 0.3) is 0 Å². The second kappa shape index (κ2) is 9.50. The van der Waals surface area contributed by atoms with Crippen LogP contribution in [0.4, 0.5) is 8.78 Å². The first-order valence-corrected chi connectivity index (χ1v) is 10.0. The van der Waals surface area contributed by atoms with E-state index < -0.39 is 0 Å². The number of benzene rings is 2. The summed E-state index contributed by atoms with van der Waals surface area (Å²) in [5.41, 5.74) is 2.43. The molecule has 0 aliphatic heterocycles. The third-order valence-electron chi connectivity index (χ3n) is 5.08. The van der Waals surface area contributed by atoms with Crippen LogP contribution in [0.2, 0.25) is 0 Å². The van der Waals surface area contributed by atoms with E-state index in [1.807, 2.05) is 45.8 Å². The van der Waals surface area contributed by atoms with Gasteiger partial charge in [0.2, 0.25) is 0 Å². The van der Waals surface area contributed by atoms with Crippen molar-refractivity contribution < 1.29 is 8.78 Å². The highest BCUT2D eigenvalue weighted by Crippen LogP contribution is 2.19. The average Bonchev–Trinajstić information content (AvgIpc) is 3.41. The van der Waals surface area contributed by atoms with Crippen LogP contribution in [0, 0.1) is 11.6 Å². The van der Waals surface area contributed by atoms with Gasteiger partial charge in [0, 0.05) is 50.5 Å². The van der Waals surface area contributed by atoms with Crippen LogP contribution in [0.3, 0.4) is 0 Å². The van der Waals surface area contributed by atoms with E-state index in [1.54, 1.807) is 36.8 Å². The van der Waals surface area contributed by atoms with E-state index in [9.17, 15) is 8.78 Å². The third kappa shape index (κ3) is 5.02. The molecule has 0 atom stereocenters. The summed E-state index contributed by atoms with van der Waals surface area (Å²) in [5, 5.41) is 0. The Labute approximate surface area is 175 Å². The van der Waals surface area contributed by atoms with Gasteiger partial charge in [0.1, 0.15) is 11.6 Å². The van der Waals surface area contributed by atoms with Gasteiger partial charge in [-0.2, -0.15) is 0 Å². The largest absolute Gasteiger partial charge is 0.337 e. The first-order chi connectivity index (χ1) is 14.7. The zero-order chi connectivity index (χ0) is 20.8. The Morgan fingerprint density at radius 2 is 1.80 bits per heavy atom. The second-order valence-corrected chi connectivity index (χ2v) is 7.32. The van der Waals surface area contributed by atoms with Crippen molar-refractivity contribution in [1.82, 2.24) is 19.0 Å². The molecule has 0 unspecified atom stereocenters. The number of rotatable bonds is 9. The second-order valence-electron chi connectivity index (χ2n) is 7.32. The molecule has 0 bridgehead atoms. The standard InChI is InChI=1S/C24H24F2N4/c25-21-7-3-6-20(16-21)17-29(13-5-12-28-15-11-27-19-28)18-22-8-4-14-30(22)24-10-2-1-9-23(24)26/h1-4,6-11,14-16,19H,5,12-13,17-18H2. The molecular formula is C24H24F2N4. The van der Waals surface area contributed by atoms with Crippen LogP contribution in [0.25, 0.3) is 5.69 Å². The maximum Gasteiger partial charge on any atom is 0.147 e. The fraction of sp³-hybridized carbons (Fsp3) is 0.208. The Kier molecular flexibility index (Phi) is 6.35. The lowest BCUT2D eigenvalue weighted by molar-refractivity contribution is 0.244. The highest BCUT2D eigenvalue weighted by molar-refractivity contribution is 5.36. The molecule has 2 aromatic carbocycles. The number of nitrogens with zero attached hydrogens (tertiary/aromatic N) is 4. The Morgan fingerprint density at radius 3 is 2.60 bits per heavy atom. The predicted octanol–water partition coefficient (Wildman–Crippen LogP) is 5.04. The highest BCUT2D eigenvalue weighted by atomic mass is 19.1. The molecule has 2 aromatic heterocycles. The first-order valence-electron chi connectivity index (χ1n) is 10.0. The lowest BCUT2D eigenvalue weighted by atomic mass is 10.2. The van der Waals surface area contributed by atoms with E-state index >= 15 is 0 Å². The molecule has 0 radical (unpaired) electrons. The number of para-hydroxylation sites is 1. The average molecular weight is 406 g/mol. The van der Waals surface area contributed by atoms with Crippen LogP contribution in [-0.4, -0.2) is 25.6 Å². The van der Waals surface area contributed by atoms with Crippen molar-refractivity contribution in [3.8, 4) is 5.69 Å². The van der Waals surface area contributed by atoms with E-state index in [-0.39, 0.29) is 11.6 Å². The zero-order valence-corrected chi connectivity index (χ0v) is 16.7. The predicted molar refractivity (Wildman–Crippen MR) is 113 cm³/mol. The molecule has 4 nitrogen and oxygen atoms in total. The van der Waals surface area contributed by atoms with Crippen LogP contribution in [-0.2, 0) is 19.6 Å². The minimum absolute atomic E-state index is 0.236. The van der Waals surface area contributed by atoms with Crippen molar-refractivity contribution in [3.05, 3.63) is 108 Å². The molecule has 0 fully saturated rings. The summed E-state index contributed by atoms with van der Waals surface area (Å²) in [7, 11) is 0. The number of imidazole rings is 1. The molecular weight excluding hydrogens is 382 g/mol.